The van der Waals surface area contributed by atoms with Crippen molar-refractivity contribution in [2.45, 2.75) is 122 Å². The average Bonchev–Trinajstić information content (AvgIpc) is 1.02. The highest BCUT2D eigenvalue weighted by molar-refractivity contribution is 7.44. The first kappa shape index (κ1) is 62.5. The summed E-state index contributed by atoms with van der Waals surface area (Å²) in [4.78, 5) is 54.5. The van der Waals surface area contributed by atoms with Crippen LogP contribution in [-0.2, 0) is 52.7 Å². The van der Waals surface area contributed by atoms with E-state index in [-0.39, 0.29) is 67.7 Å². The van der Waals surface area contributed by atoms with Crippen molar-refractivity contribution < 1.29 is 61.3 Å². The number of carbonyl (C=O) groups is 3. The molecule has 20 nitrogen and oxygen atoms in total. The lowest BCUT2D eigenvalue weighted by atomic mass is 9.77. The number of rotatable bonds is 25. The Bertz CT molecular complexity index is 3770. The predicted octanol–water partition coefficient (Wildman–Crippen LogP) is 12.3. The fourth-order valence-electron chi connectivity index (χ4n) is 11.9. The normalized spacial score (nSPS) is 19.5. The van der Waals surface area contributed by atoms with Gasteiger partial charge in [-0.1, -0.05) is 116 Å². The molecule has 88 heavy (non-hydrogen) atoms. The van der Waals surface area contributed by atoms with Crippen LogP contribution in [-0.4, -0.2) is 113 Å². The molecule has 10 rings (SSSR count). The van der Waals surface area contributed by atoms with Gasteiger partial charge in [0.05, 0.1) is 58.4 Å². The molecule has 0 radical (unpaired) electrons. The number of anilines is 1. The summed E-state index contributed by atoms with van der Waals surface area (Å²) in [6, 6.07) is 42.2. The number of aromatic nitrogens is 4. The van der Waals surface area contributed by atoms with Gasteiger partial charge in [-0.2, -0.15) is 15.2 Å². The van der Waals surface area contributed by atoms with Crippen LogP contribution in [0.15, 0.2) is 146 Å². The molecule has 1 aliphatic heterocycles. The SMILES string of the molecule is C=CCOc1nc(N[C@H]2c3c(ccc4ccc5ccccc5c34)[C@H](OC(C)=O)[C@@H](OC(C)=O)[C@H]2OC(C)=O)nc2c1ncn2[C@H]1C[C@H](OP(OCCC#N)N(C(C)C)C(C)C)[C@@H](COC(c2ccccc2)(c2ccc(OC)cc2)c2ccc(OC)cc2)O1. The van der Waals surface area contributed by atoms with Gasteiger partial charge in [-0.25, -0.2) is 9.65 Å². The zero-order valence-electron chi connectivity index (χ0n) is 50.7. The third kappa shape index (κ3) is 13.0. The Balaban J connectivity index is 1.12. The molecule has 21 heteroatoms. The van der Waals surface area contributed by atoms with Crippen LogP contribution in [0.4, 0.5) is 5.95 Å². The Labute approximate surface area is 512 Å². The van der Waals surface area contributed by atoms with E-state index < -0.39 is 74.8 Å². The first-order valence-electron chi connectivity index (χ1n) is 29.2. The molecule has 2 aliphatic rings. The maximum atomic E-state index is 13.4. The lowest BCUT2D eigenvalue weighted by molar-refractivity contribution is -0.187. The molecule has 1 saturated heterocycles. The molecule has 458 valence electrons. The quantitative estimate of drug-likeness (QED) is 0.0107. The van der Waals surface area contributed by atoms with Crippen molar-refractivity contribution in [2.75, 3.05) is 39.4 Å². The largest absolute Gasteiger partial charge is 0.497 e. The van der Waals surface area contributed by atoms with Crippen molar-refractivity contribution in [3.05, 3.63) is 174 Å². The molecule has 0 saturated carbocycles. The Kier molecular flexibility index (Phi) is 19.6. The van der Waals surface area contributed by atoms with Gasteiger partial charge in [0, 0.05) is 44.8 Å². The van der Waals surface area contributed by atoms with Gasteiger partial charge in [0.15, 0.2) is 29.5 Å². The summed E-state index contributed by atoms with van der Waals surface area (Å²) in [5.74, 6) is -0.620. The maximum absolute atomic E-state index is 13.4. The minimum absolute atomic E-state index is 0.00222. The number of methoxy groups -OCH3 is 2. The molecule has 1 fully saturated rings. The van der Waals surface area contributed by atoms with Gasteiger partial charge >= 0.3 is 17.9 Å². The molecule has 8 aromatic rings. The van der Waals surface area contributed by atoms with Crippen LogP contribution in [0.2, 0.25) is 0 Å². The van der Waals surface area contributed by atoms with Gasteiger partial charge in [0.2, 0.25) is 11.8 Å². The summed E-state index contributed by atoms with van der Waals surface area (Å²) in [5.41, 5.74) is 2.89. The van der Waals surface area contributed by atoms with Crippen LogP contribution in [0.25, 0.3) is 32.7 Å². The van der Waals surface area contributed by atoms with Crippen LogP contribution in [0, 0.1) is 11.3 Å². The highest BCUT2D eigenvalue weighted by atomic mass is 31.2. The van der Waals surface area contributed by atoms with Crippen LogP contribution in [0.5, 0.6) is 17.4 Å². The number of benzene rings is 6. The van der Waals surface area contributed by atoms with E-state index in [4.69, 9.17) is 61.9 Å². The number of nitrogens with one attached hydrogen (secondary N) is 1. The third-order valence-corrected chi connectivity index (χ3v) is 17.6. The Morgan fingerprint density at radius 2 is 1.41 bits per heavy atom. The molecule has 3 heterocycles. The van der Waals surface area contributed by atoms with Crippen LogP contribution in [0.1, 0.15) is 107 Å². The maximum Gasteiger partial charge on any atom is 0.303 e. The summed E-state index contributed by atoms with van der Waals surface area (Å²) >= 11 is 0. The van der Waals surface area contributed by atoms with E-state index >= 15 is 0 Å². The molecule has 8 atom stereocenters. The summed E-state index contributed by atoms with van der Waals surface area (Å²) in [6.07, 6.45) is -2.64. The van der Waals surface area contributed by atoms with Gasteiger partial charge in [0.25, 0.3) is 8.53 Å². The van der Waals surface area contributed by atoms with E-state index in [0.717, 1.165) is 38.2 Å². The highest BCUT2D eigenvalue weighted by Crippen LogP contribution is 2.52. The average molecular weight is 1210 g/mol. The number of imidazole rings is 1. The van der Waals surface area contributed by atoms with E-state index in [9.17, 15) is 19.6 Å². The number of hydrogen-bond acceptors (Lipinski definition) is 19. The zero-order chi connectivity index (χ0) is 62.2. The standard InChI is InChI=1S/C67H72N7O13P/c1-11-35-80-65-60-64(71-66(72-65)70-59-58-53(33-24-46-23-22-45-18-15-16-21-52(45)57(46)58)61(83-42(6)75)63(85-44(8)77)62(59)84-43(7)76)73(39-69-60)56-37-54(87-88(82-36-17-34-68)74(40(2)3)41(4)5)55(86-56)38-81-67(47-19-13-12-14-20-47,48-25-29-50(78-9)30-26-48)49-27-31-51(79-10)32-28-49/h11-16,18-33,39-41,54-56,59,61-63H,1,17,35-38H2,2-10H3,(H,70,71,72)/t54-,55+,56+,59-,61-,62-,63+,88?/m0/s1. The van der Waals surface area contributed by atoms with E-state index in [0.29, 0.717) is 22.6 Å². The first-order chi connectivity index (χ1) is 42.6. The van der Waals surface area contributed by atoms with E-state index in [1.807, 2.05) is 127 Å². The molecular weight excluding hydrogens is 1140 g/mol. The molecule has 1 unspecified atom stereocenters. The molecular formula is C67H72N7O13P. The Morgan fingerprint density at radius 3 is 2.03 bits per heavy atom. The fourth-order valence-corrected chi connectivity index (χ4v) is 13.7. The van der Waals surface area contributed by atoms with Crippen molar-refractivity contribution in [1.82, 2.24) is 24.2 Å². The number of esters is 3. The van der Waals surface area contributed by atoms with Gasteiger partial charge in [-0.3, -0.25) is 19.0 Å². The van der Waals surface area contributed by atoms with E-state index in [2.05, 4.69) is 50.3 Å². The molecule has 0 amide bonds. The minimum Gasteiger partial charge on any atom is -0.497 e. The lowest BCUT2D eigenvalue weighted by Crippen LogP contribution is -2.50. The number of nitrogens with zero attached hydrogens (tertiary/aromatic N) is 6. The van der Waals surface area contributed by atoms with Gasteiger partial charge in [-0.15, -0.1) is 0 Å². The van der Waals surface area contributed by atoms with Crippen molar-refractivity contribution >= 4 is 65.1 Å². The predicted molar refractivity (Wildman–Crippen MR) is 331 cm³/mol. The van der Waals surface area contributed by atoms with Gasteiger partial charge in [-0.05, 0) is 95.8 Å². The van der Waals surface area contributed by atoms with E-state index in [1.165, 1.54) is 20.8 Å². The topological polar surface area (TPSA) is 226 Å². The molecule has 0 spiro atoms. The van der Waals surface area contributed by atoms with Crippen LogP contribution >= 0.6 is 8.53 Å². The Hall–Kier alpha value is -8.54. The third-order valence-electron chi connectivity index (χ3n) is 15.5. The Morgan fingerprint density at radius 1 is 0.795 bits per heavy atom. The van der Waals surface area contributed by atoms with Crippen LogP contribution < -0.4 is 19.5 Å². The zero-order valence-corrected chi connectivity index (χ0v) is 51.5. The van der Waals surface area contributed by atoms with Crippen LogP contribution in [0.3, 0.4) is 0 Å². The summed E-state index contributed by atoms with van der Waals surface area (Å²) < 4.78 is 68.4. The summed E-state index contributed by atoms with van der Waals surface area (Å²) in [6.45, 7) is 16.1. The second-order valence-electron chi connectivity index (χ2n) is 21.9. The number of ether oxygens (including phenoxy) is 8. The van der Waals surface area contributed by atoms with Crippen molar-refractivity contribution in [1.29, 1.82) is 5.26 Å². The first-order valence-corrected chi connectivity index (χ1v) is 30.3. The number of hydrogen-bond donors (Lipinski definition) is 1. The van der Waals surface area contributed by atoms with E-state index in [1.54, 1.807) is 31.2 Å². The lowest BCUT2D eigenvalue weighted by Gasteiger charge is -2.42. The summed E-state index contributed by atoms with van der Waals surface area (Å²) in [7, 11) is 1.44. The van der Waals surface area contributed by atoms with Crippen molar-refractivity contribution in [3.8, 4) is 23.4 Å². The van der Waals surface area contributed by atoms with Crippen molar-refractivity contribution in [2.24, 2.45) is 0 Å². The molecule has 1 N–H and O–H groups in total. The fraction of sp³-hybridized carbons (Fsp3) is 0.358. The molecule has 0 bridgehead atoms. The van der Waals surface area contributed by atoms with Crippen molar-refractivity contribution in [3.63, 3.8) is 0 Å². The number of fused-ring (bicyclic) bond motifs is 6. The second kappa shape index (κ2) is 27.7. The minimum atomic E-state index is -1.81. The smallest absolute Gasteiger partial charge is 0.303 e. The highest BCUT2D eigenvalue weighted by Gasteiger charge is 2.51. The molecule has 1 aliphatic carbocycles. The number of carbonyl (C=O) groups excluding carboxylic acids is 3. The molecule has 6 aromatic carbocycles. The monoisotopic (exact) mass is 1210 g/mol. The second-order valence-corrected chi connectivity index (χ2v) is 23.3. The number of nitriles is 1. The van der Waals surface area contributed by atoms with Gasteiger partial charge in [0.1, 0.15) is 36.0 Å². The molecule has 2 aromatic heterocycles. The van der Waals surface area contributed by atoms with Gasteiger partial charge < -0.3 is 52.3 Å². The summed E-state index contributed by atoms with van der Waals surface area (Å²) in [5, 5.41) is 16.6.